The van der Waals surface area contributed by atoms with Gasteiger partial charge in [-0.15, -0.1) is 0 Å². The van der Waals surface area contributed by atoms with Crippen LogP contribution in [0, 0.1) is 10.1 Å². The molecule has 5 nitrogen and oxygen atoms in total. The lowest BCUT2D eigenvalue weighted by Gasteiger charge is -2.08. The van der Waals surface area contributed by atoms with E-state index >= 15 is 0 Å². The van der Waals surface area contributed by atoms with Crippen molar-refractivity contribution < 1.29 is 4.92 Å². The zero-order valence-electron chi connectivity index (χ0n) is 10.8. The van der Waals surface area contributed by atoms with Crippen molar-refractivity contribution in [3.63, 3.8) is 0 Å². The molecule has 0 radical (unpaired) electrons. The van der Waals surface area contributed by atoms with Crippen LogP contribution in [0.15, 0.2) is 48.5 Å². The SMILES string of the molecule is Nc1c([N+](=O)[O-])c(-c2ccc(Cl)cc2)nc2ccccc12. The fourth-order valence-corrected chi connectivity index (χ4v) is 2.35. The summed E-state index contributed by atoms with van der Waals surface area (Å²) >= 11 is 5.85. The number of para-hydroxylation sites is 1. The van der Waals surface area contributed by atoms with Gasteiger partial charge in [-0.05, 0) is 18.2 Å². The van der Waals surface area contributed by atoms with E-state index in [1.165, 1.54) is 0 Å². The fraction of sp³-hybridized carbons (Fsp3) is 0. The highest BCUT2D eigenvalue weighted by molar-refractivity contribution is 6.30. The molecule has 6 heteroatoms. The molecule has 2 N–H and O–H groups in total. The maximum Gasteiger partial charge on any atom is 0.318 e. The van der Waals surface area contributed by atoms with Gasteiger partial charge in [0.05, 0.1) is 10.4 Å². The summed E-state index contributed by atoms with van der Waals surface area (Å²) in [5, 5.41) is 12.5. The predicted octanol–water partition coefficient (Wildman–Crippen LogP) is 4.05. The topological polar surface area (TPSA) is 82.0 Å². The molecular weight excluding hydrogens is 290 g/mol. The van der Waals surface area contributed by atoms with Crippen molar-refractivity contribution in [2.45, 2.75) is 0 Å². The maximum atomic E-state index is 11.4. The van der Waals surface area contributed by atoms with Crippen LogP contribution in [-0.4, -0.2) is 9.91 Å². The van der Waals surface area contributed by atoms with Crippen molar-refractivity contribution in [2.24, 2.45) is 0 Å². The summed E-state index contributed by atoms with van der Waals surface area (Å²) in [7, 11) is 0. The second-order valence-electron chi connectivity index (χ2n) is 4.50. The average Bonchev–Trinajstić information content (AvgIpc) is 2.47. The average molecular weight is 300 g/mol. The first-order valence-electron chi connectivity index (χ1n) is 6.16. The van der Waals surface area contributed by atoms with E-state index in [1.807, 2.05) is 6.07 Å². The highest BCUT2D eigenvalue weighted by atomic mass is 35.5. The second-order valence-corrected chi connectivity index (χ2v) is 4.94. The van der Waals surface area contributed by atoms with E-state index in [-0.39, 0.29) is 17.1 Å². The predicted molar refractivity (Wildman–Crippen MR) is 83.3 cm³/mol. The Bertz CT molecular complexity index is 847. The van der Waals surface area contributed by atoms with Crippen molar-refractivity contribution in [1.29, 1.82) is 0 Å². The van der Waals surface area contributed by atoms with Gasteiger partial charge < -0.3 is 5.73 Å². The lowest BCUT2D eigenvalue weighted by molar-refractivity contribution is -0.383. The zero-order valence-corrected chi connectivity index (χ0v) is 11.5. The monoisotopic (exact) mass is 299 g/mol. The Labute approximate surface area is 125 Å². The Morgan fingerprint density at radius 2 is 1.76 bits per heavy atom. The van der Waals surface area contributed by atoms with Crippen LogP contribution in [0.4, 0.5) is 11.4 Å². The number of nitro groups is 1. The second kappa shape index (κ2) is 5.03. The van der Waals surface area contributed by atoms with Crippen molar-refractivity contribution >= 4 is 33.9 Å². The molecule has 0 unspecified atom stereocenters. The first kappa shape index (κ1) is 13.3. The van der Waals surface area contributed by atoms with Gasteiger partial charge >= 0.3 is 5.69 Å². The third-order valence-electron chi connectivity index (χ3n) is 3.21. The molecule has 2 aromatic carbocycles. The number of hydrogen-bond donors (Lipinski definition) is 1. The van der Waals surface area contributed by atoms with E-state index < -0.39 is 4.92 Å². The van der Waals surface area contributed by atoms with Crippen LogP contribution in [0.1, 0.15) is 0 Å². The molecule has 1 aromatic heterocycles. The van der Waals surface area contributed by atoms with Crippen molar-refractivity contribution in [2.75, 3.05) is 5.73 Å². The van der Waals surface area contributed by atoms with E-state index in [9.17, 15) is 10.1 Å². The van der Waals surface area contributed by atoms with Gasteiger partial charge in [0.15, 0.2) is 5.69 Å². The number of benzene rings is 2. The number of halogens is 1. The van der Waals surface area contributed by atoms with Crippen molar-refractivity contribution in [1.82, 2.24) is 4.98 Å². The Balaban J connectivity index is 2.37. The van der Waals surface area contributed by atoms with Crippen molar-refractivity contribution in [3.05, 3.63) is 63.7 Å². The number of rotatable bonds is 2. The quantitative estimate of drug-likeness (QED) is 0.571. The largest absolute Gasteiger partial charge is 0.393 e. The van der Waals surface area contributed by atoms with E-state index in [0.717, 1.165) is 0 Å². The highest BCUT2D eigenvalue weighted by Crippen LogP contribution is 2.37. The van der Waals surface area contributed by atoms with Gasteiger partial charge in [0, 0.05) is 16.0 Å². The Hall–Kier alpha value is -2.66. The third-order valence-corrected chi connectivity index (χ3v) is 3.46. The molecule has 0 aliphatic carbocycles. The Morgan fingerprint density at radius 1 is 1.10 bits per heavy atom. The number of nitrogens with two attached hydrogens (primary N) is 1. The molecular formula is C15H10ClN3O2. The molecule has 0 spiro atoms. The number of fused-ring (bicyclic) bond motifs is 1. The normalized spacial score (nSPS) is 10.7. The van der Waals surface area contributed by atoms with Gasteiger partial charge in [-0.2, -0.15) is 0 Å². The van der Waals surface area contributed by atoms with Crippen LogP contribution in [0.2, 0.25) is 5.02 Å². The molecule has 0 saturated carbocycles. The highest BCUT2D eigenvalue weighted by Gasteiger charge is 2.23. The molecule has 3 aromatic rings. The van der Waals surface area contributed by atoms with Gasteiger partial charge in [0.2, 0.25) is 0 Å². The first-order chi connectivity index (χ1) is 10.1. The molecule has 3 rings (SSSR count). The lowest BCUT2D eigenvalue weighted by atomic mass is 10.1. The number of nitrogens with zero attached hydrogens (tertiary/aromatic N) is 2. The summed E-state index contributed by atoms with van der Waals surface area (Å²) in [6, 6.07) is 13.8. The molecule has 0 fully saturated rings. The van der Waals surface area contributed by atoms with E-state index in [2.05, 4.69) is 4.98 Å². The molecule has 0 aliphatic heterocycles. The minimum Gasteiger partial charge on any atom is -0.393 e. The number of pyridine rings is 1. The molecule has 0 saturated heterocycles. The molecule has 104 valence electrons. The van der Waals surface area contributed by atoms with Gasteiger partial charge in [0.25, 0.3) is 0 Å². The summed E-state index contributed by atoms with van der Waals surface area (Å²) < 4.78 is 0. The molecule has 0 aliphatic rings. The third kappa shape index (κ3) is 2.28. The number of aromatic nitrogens is 1. The van der Waals surface area contributed by atoms with Crippen molar-refractivity contribution in [3.8, 4) is 11.3 Å². The van der Waals surface area contributed by atoms with E-state index in [0.29, 0.717) is 21.5 Å². The van der Waals surface area contributed by atoms with Crippen LogP contribution in [0.25, 0.3) is 22.2 Å². The maximum absolute atomic E-state index is 11.4. The smallest absolute Gasteiger partial charge is 0.318 e. The summed E-state index contributed by atoms with van der Waals surface area (Å²) in [6.07, 6.45) is 0. The van der Waals surface area contributed by atoms with Crippen LogP contribution in [-0.2, 0) is 0 Å². The first-order valence-corrected chi connectivity index (χ1v) is 6.54. The standard InChI is InChI=1S/C15H10ClN3O2/c16-10-7-5-9(6-8-10)14-15(19(20)21)13(17)11-3-1-2-4-12(11)18-14/h1-8H,(H2,17,18). The minimum absolute atomic E-state index is 0.121. The number of hydrogen-bond acceptors (Lipinski definition) is 4. The van der Waals surface area contributed by atoms with Crippen LogP contribution >= 0.6 is 11.6 Å². The Kier molecular flexibility index (Phi) is 3.19. The summed E-state index contributed by atoms with van der Waals surface area (Å²) in [4.78, 5) is 15.3. The fourth-order valence-electron chi connectivity index (χ4n) is 2.22. The number of anilines is 1. The van der Waals surface area contributed by atoms with E-state index in [1.54, 1.807) is 42.5 Å². The summed E-state index contributed by atoms with van der Waals surface area (Å²) in [5.41, 5.74) is 7.38. The van der Waals surface area contributed by atoms with Gasteiger partial charge in [0.1, 0.15) is 5.69 Å². The molecule has 0 atom stereocenters. The summed E-state index contributed by atoms with van der Waals surface area (Å²) in [6.45, 7) is 0. The molecule has 1 heterocycles. The molecule has 21 heavy (non-hydrogen) atoms. The van der Waals surface area contributed by atoms with E-state index in [4.69, 9.17) is 17.3 Å². The van der Waals surface area contributed by atoms with Gasteiger partial charge in [-0.25, -0.2) is 4.98 Å². The van der Waals surface area contributed by atoms with Crippen LogP contribution in [0.3, 0.4) is 0 Å². The number of nitrogen functional groups attached to an aromatic ring is 1. The van der Waals surface area contributed by atoms with Gasteiger partial charge in [-0.3, -0.25) is 10.1 Å². The zero-order chi connectivity index (χ0) is 15.0. The minimum atomic E-state index is -0.501. The molecule has 0 bridgehead atoms. The summed E-state index contributed by atoms with van der Waals surface area (Å²) in [5.74, 6) is 0. The van der Waals surface area contributed by atoms with Crippen LogP contribution in [0.5, 0.6) is 0 Å². The van der Waals surface area contributed by atoms with Crippen LogP contribution < -0.4 is 5.73 Å². The molecule has 0 amide bonds. The van der Waals surface area contributed by atoms with Gasteiger partial charge in [-0.1, -0.05) is 41.9 Å². The lowest BCUT2D eigenvalue weighted by Crippen LogP contribution is -2.01. The Morgan fingerprint density at radius 3 is 2.43 bits per heavy atom.